The highest BCUT2D eigenvalue weighted by molar-refractivity contribution is 8.00. The highest BCUT2D eigenvalue weighted by Gasteiger charge is 2.09. The maximum Gasteiger partial charge on any atom is 0.0914 e. The van der Waals surface area contributed by atoms with Gasteiger partial charge in [-0.05, 0) is 37.1 Å². The zero-order valence-electron chi connectivity index (χ0n) is 15.8. The van der Waals surface area contributed by atoms with Crippen molar-refractivity contribution in [2.45, 2.75) is 82.5 Å². The van der Waals surface area contributed by atoms with Crippen LogP contribution in [0.4, 0.5) is 0 Å². The Morgan fingerprint density at radius 2 is 1.75 bits per heavy atom. The van der Waals surface area contributed by atoms with E-state index in [4.69, 9.17) is 0 Å². The highest BCUT2D eigenvalue weighted by Crippen LogP contribution is 2.28. The Morgan fingerprint density at radius 3 is 2.38 bits per heavy atom. The van der Waals surface area contributed by atoms with Gasteiger partial charge in [-0.2, -0.15) is 0 Å². The first-order valence-corrected chi connectivity index (χ1v) is 10.1. The smallest absolute Gasteiger partial charge is 0.0914 e. The molecule has 0 aliphatic carbocycles. The van der Waals surface area contributed by atoms with Gasteiger partial charge in [-0.1, -0.05) is 65.0 Å². The van der Waals surface area contributed by atoms with Crippen molar-refractivity contribution in [3.63, 3.8) is 0 Å². The van der Waals surface area contributed by atoms with Crippen LogP contribution in [0.3, 0.4) is 0 Å². The molecule has 0 heterocycles. The Bertz CT molecular complexity index is 440. The molecule has 1 rings (SSSR count). The summed E-state index contributed by atoms with van der Waals surface area (Å²) >= 11 is 1.88. The number of thioether (sulfide) groups is 1. The van der Waals surface area contributed by atoms with E-state index in [9.17, 15) is 5.11 Å². The zero-order valence-corrected chi connectivity index (χ0v) is 17.4. The summed E-state index contributed by atoms with van der Waals surface area (Å²) in [7, 11) is 0. The summed E-state index contributed by atoms with van der Waals surface area (Å²) in [6.07, 6.45) is 7.45. The third kappa shape index (κ3) is 9.93. The Morgan fingerprint density at radius 1 is 1.08 bits per heavy atom. The fourth-order valence-corrected chi connectivity index (χ4v) is 3.55. The molecule has 0 aliphatic heterocycles. The predicted octanol–water partition coefficient (Wildman–Crippen LogP) is 5.90. The van der Waals surface area contributed by atoms with E-state index < -0.39 is 6.10 Å². The van der Waals surface area contributed by atoms with E-state index in [0.29, 0.717) is 11.8 Å². The second-order valence-corrected chi connectivity index (χ2v) is 8.30. The highest BCUT2D eigenvalue weighted by atomic mass is 35.5. The second kappa shape index (κ2) is 14.0. The van der Waals surface area contributed by atoms with Gasteiger partial charge in [-0.3, -0.25) is 0 Å². The van der Waals surface area contributed by atoms with E-state index in [2.05, 4.69) is 51.2 Å². The van der Waals surface area contributed by atoms with Gasteiger partial charge in [0, 0.05) is 16.7 Å². The molecule has 4 heteroatoms. The molecule has 0 radical (unpaired) electrons. The van der Waals surface area contributed by atoms with Crippen molar-refractivity contribution in [2.24, 2.45) is 0 Å². The number of aliphatic hydroxyl groups excluding tert-OH is 1. The van der Waals surface area contributed by atoms with Gasteiger partial charge in [-0.15, -0.1) is 24.2 Å². The van der Waals surface area contributed by atoms with Crippen molar-refractivity contribution in [3.05, 3.63) is 29.3 Å². The van der Waals surface area contributed by atoms with Crippen molar-refractivity contribution < 1.29 is 5.11 Å². The van der Waals surface area contributed by atoms with E-state index in [-0.39, 0.29) is 12.4 Å². The lowest BCUT2D eigenvalue weighted by molar-refractivity contribution is 0.174. The number of rotatable bonds is 12. The fourth-order valence-electron chi connectivity index (χ4n) is 2.65. The Labute approximate surface area is 159 Å². The number of aryl methyl sites for hydroxylation is 1. The van der Waals surface area contributed by atoms with Crippen LogP contribution in [0.5, 0.6) is 0 Å². The van der Waals surface area contributed by atoms with Gasteiger partial charge in [0.1, 0.15) is 0 Å². The molecule has 1 aromatic rings. The van der Waals surface area contributed by atoms with Crippen LogP contribution < -0.4 is 5.32 Å². The van der Waals surface area contributed by atoms with E-state index in [1.807, 2.05) is 11.8 Å². The van der Waals surface area contributed by atoms with Gasteiger partial charge in [0.05, 0.1) is 6.10 Å². The molecule has 0 spiro atoms. The van der Waals surface area contributed by atoms with Crippen LogP contribution in [0, 0.1) is 6.92 Å². The quantitative estimate of drug-likeness (QED) is 0.353. The fraction of sp³-hybridized carbons (Fsp3) is 0.700. The van der Waals surface area contributed by atoms with Gasteiger partial charge in [0.25, 0.3) is 0 Å². The Kier molecular flexibility index (Phi) is 13.9. The Balaban J connectivity index is 0.00000529. The lowest BCUT2D eigenvalue weighted by Crippen LogP contribution is -2.22. The molecule has 0 saturated heterocycles. The largest absolute Gasteiger partial charge is 0.387 e. The monoisotopic (exact) mass is 373 g/mol. The van der Waals surface area contributed by atoms with Crippen LogP contribution in [0.25, 0.3) is 0 Å². The lowest BCUT2D eigenvalue weighted by Gasteiger charge is -2.15. The number of aliphatic hydroxyl groups is 1. The van der Waals surface area contributed by atoms with Crippen LogP contribution in [0.15, 0.2) is 23.1 Å². The zero-order chi connectivity index (χ0) is 17.1. The normalized spacial score (nSPS) is 12.2. The minimum Gasteiger partial charge on any atom is -0.387 e. The number of nitrogens with one attached hydrogen (secondary N) is 1. The lowest BCUT2D eigenvalue weighted by atomic mass is 10.1. The summed E-state index contributed by atoms with van der Waals surface area (Å²) < 4.78 is 0. The van der Waals surface area contributed by atoms with Crippen LogP contribution in [0.2, 0.25) is 0 Å². The predicted molar refractivity (Wildman–Crippen MR) is 111 cm³/mol. The second-order valence-electron chi connectivity index (χ2n) is 6.68. The molecule has 0 aliphatic rings. The van der Waals surface area contributed by atoms with Gasteiger partial charge in [0.15, 0.2) is 0 Å². The molecule has 140 valence electrons. The molecule has 0 fully saturated rings. The van der Waals surface area contributed by atoms with Gasteiger partial charge >= 0.3 is 0 Å². The van der Waals surface area contributed by atoms with E-state index in [1.54, 1.807) is 0 Å². The SMILES string of the molecule is CCCCCCCCNCC(O)c1ccc(SC(C)C)c(C)c1.Cl. The molecule has 1 atom stereocenters. The van der Waals surface area contributed by atoms with Crippen LogP contribution in [0.1, 0.15) is 76.5 Å². The molecular weight excluding hydrogens is 338 g/mol. The van der Waals surface area contributed by atoms with Crippen molar-refractivity contribution in [1.82, 2.24) is 5.32 Å². The molecule has 2 nitrogen and oxygen atoms in total. The van der Waals surface area contributed by atoms with Crippen LogP contribution in [-0.4, -0.2) is 23.4 Å². The third-order valence-electron chi connectivity index (χ3n) is 3.99. The maximum absolute atomic E-state index is 10.3. The Hall–Kier alpha value is -0.220. The van der Waals surface area contributed by atoms with Crippen molar-refractivity contribution in [1.29, 1.82) is 0 Å². The van der Waals surface area contributed by atoms with Gasteiger partial charge in [-0.25, -0.2) is 0 Å². The van der Waals surface area contributed by atoms with Crippen molar-refractivity contribution in [3.8, 4) is 0 Å². The molecule has 1 aromatic carbocycles. The summed E-state index contributed by atoms with van der Waals surface area (Å²) in [6, 6.07) is 6.34. The van der Waals surface area contributed by atoms with E-state index >= 15 is 0 Å². The molecule has 0 bridgehead atoms. The third-order valence-corrected chi connectivity index (χ3v) is 5.17. The molecule has 2 N–H and O–H groups in total. The first-order chi connectivity index (χ1) is 11.0. The molecular formula is C20H36ClNOS. The molecule has 0 amide bonds. The first-order valence-electron chi connectivity index (χ1n) is 9.20. The topological polar surface area (TPSA) is 32.3 Å². The minimum atomic E-state index is -0.410. The van der Waals surface area contributed by atoms with E-state index in [0.717, 1.165) is 12.1 Å². The van der Waals surface area contributed by atoms with E-state index in [1.165, 1.54) is 49.0 Å². The van der Waals surface area contributed by atoms with Crippen molar-refractivity contribution in [2.75, 3.05) is 13.1 Å². The summed E-state index contributed by atoms with van der Waals surface area (Å²) in [5.41, 5.74) is 2.28. The number of hydrogen-bond acceptors (Lipinski definition) is 3. The standard InChI is InChI=1S/C20H35NOS.ClH/c1-5-6-7-8-9-10-13-21-15-19(22)18-11-12-20(17(4)14-18)23-16(2)3;/h11-12,14,16,19,21-22H,5-10,13,15H2,1-4H3;1H. The summed E-state index contributed by atoms with van der Waals surface area (Å²) in [5, 5.41) is 14.3. The average molecular weight is 374 g/mol. The molecule has 24 heavy (non-hydrogen) atoms. The minimum absolute atomic E-state index is 0. The number of hydrogen-bond donors (Lipinski definition) is 2. The van der Waals surface area contributed by atoms with Crippen LogP contribution >= 0.6 is 24.2 Å². The summed E-state index contributed by atoms with van der Waals surface area (Å²) in [4.78, 5) is 1.32. The first kappa shape index (κ1) is 23.8. The molecule has 0 aromatic heterocycles. The molecule has 0 saturated carbocycles. The average Bonchev–Trinajstić information content (AvgIpc) is 2.51. The number of unbranched alkanes of at least 4 members (excludes halogenated alkanes) is 5. The number of halogens is 1. The van der Waals surface area contributed by atoms with Gasteiger partial charge < -0.3 is 10.4 Å². The maximum atomic E-state index is 10.3. The summed E-state index contributed by atoms with van der Waals surface area (Å²) in [6.45, 7) is 10.4. The summed E-state index contributed by atoms with van der Waals surface area (Å²) in [5.74, 6) is 0. The molecule has 1 unspecified atom stereocenters. The van der Waals surface area contributed by atoms with Crippen molar-refractivity contribution >= 4 is 24.2 Å². The van der Waals surface area contributed by atoms with Gasteiger partial charge in [0.2, 0.25) is 0 Å². The van der Waals surface area contributed by atoms with Crippen LogP contribution in [-0.2, 0) is 0 Å². The number of benzene rings is 1.